The molecule has 13 heavy (non-hydrogen) atoms. The van der Waals surface area contributed by atoms with Crippen molar-refractivity contribution >= 4 is 15.9 Å². The number of halogens is 1. The summed E-state index contributed by atoms with van der Waals surface area (Å²) in [6.45, 7) is 1.85. The van der Waals surface area contributed by atoms with Crippen LogP contribution in [0.4, 0.5) is 0 Å². The molecule has 0 saturated heterocycles. The molecule has 0 N–H and O–H groups in total. The van der Waals surface area contributed by atoms with Crippen molar-refractivity contribution in [3.05, 3.63) is 41.0 Å². The molecule has 68 valence electrons. The lowest BCUT2D eigenvalue weighted by Crippen LogP contribution is -2.22. The molecular formula is C9H8BrNO2. The fourth-order valence-electron chi connectivity index (χ4n) is 1.12. The Hall–Kier alpha value is -1.03. The normalized spacial score (nSPS) is 18.0. The quantitative estimate of drug-likeness (QED) is 0.709. The van der Waals surface area contributed by atoms with Gasteiger partial charge in [-0.15, -0.1) is 0 Å². The molecule has 1 aromatic rings. The van der Waals surface area contributed by atoms with Crippen LogP contribution in [0.3, 0.4) is 0 Å². The Bertz CT molecular complexity index is 326. The van der Waals surface area contributed by atoms with Crippen molar-refractivity contribution in [2.24, 2.45) is 0 Å². The van der Waals surface area contributed by atoms with Crippen molar-refractivity contribution < 1.29 is 9.47 Å². The highest BCUT2D eigenvalue weighted by Crippen LogP contribution is 2.31. The molecule has 0 aromatic carbocycles. The van der Waals surface area contributed by atoms with Gasteiger partial charge in [-0.25, -0.2) is 4.98 Å². The average molecular weight is 242 g/mol. The summed E-state index contributed by atoms with van der Waals surface area (Å²) in [7, 11) is 0. The molecule has 2 heterocycles. The van der Waals surface area contributed by atoms with Crippen molar-refractivity contribution in [3.8, 4) is 0 Å². The summed E-state index contributed by atoms with van der Waals surface area (Å²) in [5.74, 6) is -0.715. The SMILES string of the molecule is CC1(c2ccc(Br)nc2)OC=CO1. The largest absolute Gasteiger partial charge is 0.453 e. The van der Waals surface area contributed by atoms with Crippen LogP contribution in [-0.4, -0.2) is 4.98 Å². The second kappa shape index (κ2) is 3.03. The molecule has 0 aliphatic carbocycles. The molecule has 0 unspecified atom stereocenters. The fourth-order valence-corrected chi connectivity index (χ4v) is 1.36. The second-order valence-electron chi connectivity index (χ2n) is 2.82. The Morgan fingerprint density at radius 3 is 2.54 bits per heavy atom. The molecule has 0 bridgehead atoms. The Balaban J connectivity index is 2.30. The van der Waals surface area contributed by atoms with E-state index in [0.717, 1.165) is 10.2 Å². The topological polar surface area (TPSA) is 31.4 Å². The third-order valence-electron chi connectivity index (χ3n) is 1.89. The summed E-state index contributed by atoms with van der Waals surface area (Å²) in [5, 5.41) is 0. The highest BCUT2D eigenvalue weighted by Gasteiger charge is 2.32. The molecule has 2 rings (SSSR count). The van der Waals surface area contributed by atoms with Crippen LogP contribution in [0.5, 0.6) is 0 Å². The molecule has 0 spiro atoms. The first-order chi connectivity index (χ1) is 6.21. The summed E-state index contributed by atoms with van der Waals surface area (Å²) in [6, 6.07) is 3.76. The number of pyridine rings is 1. The second-order valence-corrected chi connectivity index (χ2v) is 3.64. The highest BCUT2D eigenvalue weighted by molar-refractivity contribution is 9.10. The van der Waals surface area contributed by atoms with Crippen molar-refractivity contribution in [3.63, 3.8) is 0 Å². The van der Waals surface area contributed by atoms with E-state index in [4.69, 9.17) is 9.47 Å². The minimum Gasteiger partial charge on any atom is -0.453 e. The lowest BCUT2D eigenvalue weighted by atomic mass is 10.1. The summed E-state index contributed by atoms with van der Waals surface area (Å²) < 4.78 is 11.4. The molecule has 1 aromatic heterocycles. The predicted molar refractivity (Wildman–Crippen MR) is 50.6 cm³/mol. The number of aromatic nitrogens is 1. The van der Waals surface area contributed by atoms with Gasteiger partial charge in [0.25, 0.3) is 5.79 Å². The van der Waals surface area contributed by atoms with Gasteiger partial charge in [0.15, 0.2) is 0 Å². The van der Waals surface area contributed by atoms with Crippen LogP contribution in [0.25, 0.3) is 0 Å². The first kappa shape index (κ1) is 8.56. The number of nitrogens with zero attached hydrogens (tertiary/aromatic N) is 1. The Morgan fingerprint density at radius 2 is 2.00 bits per heavy atom. The van der Waals surface area contributed by atoms with E-state index >= 15 is 0 Å². The zero-order valence-electron chi connectivity index (χ0n) is 7.03. The molecule has 3 nitrogen and oxygen atoms in total. The van der Waals surface area contributed by atoms with E-state index in [-0.39, 0.29) is 0 Å². The van der Waals surface area contributed by atoms with Crippen LogP contribution >= 0.6 is 15.9 Å². The summed E-state index contributed by atoms with van der Waals surface area (Å²) in [6.07, 6.45) is 4.78. The third-order valence-corrected chi connectivity index (χ3v) is 2.36. The van der Waals surface area contributed by atoms with Gasteiger partial charge >= 0.3 is 0 Å². The van der Waals surface area contributed by atoms with Gasteiger partial charge in [-0.3, -0.25) is 0 Å². The molecule has 0 atom stereocenters. The van der Waals surface area contributed by atoms with Gasteiger partial charge in [-0.1, -0.05) is 0 Å². The van der Waals surface area contributed by atoms with Gasteiger partial charge in [0, 0.05) is 13.1 Å². The Labute approximate surface area is 84.5 Å². The van der Waals surface area contributed by atoms with Crippen molar-refractivity contribution in [1.82, 2.24) is 4.98 Å². The number of hydrogen-bond donors (Lipinski definition) is 0. The van der Waals surface area contributed by atoms with Crippen LogP contribution in [-0.2, 0) is 15.3 Å². The lowest BCUT2D eigenvalue weighted by molar-refractivity contribution is -0.133. The van der Waals surface area contributed by atoms with Gasteiger partial charge in [-0.2, -0.15) is 0 Å². The lowest BCUT2D eigenvalue weighted by Gasteiger charge is -2.22. The van der Waals surface area contributed by atoms with Crippen LogP contribution in [0, 0.1) is 0 Å². The van der Waals surface area contributed by atoms with Crippen molar-refractivity contribution in [2.45, 2.75) is 12.7 Å². The van der Waals surface area contributed by atoms with Gasteiger partial charge < -0.3 is 9.47 Å². The van der Waals surface area contributed by atoms with Crippen LogP contribution in [0.2, 0.25) is 0 Å². The first-order valence-corrected chi connectivity index (χ1v) is 4.63. The third kappa shape index (κ3) is 1.54. The van der Waals surface area contributed by atoms with Crippen LogP contribution in [0.15, 0.2) is 35.5 Å². The van der Waals surface area contributed by atoms with Crippen molar-refractivity contribution in [1.29, 1.82) is 0 Å². The van der Waals surface area contributed by atoms with Crippen LogP contribution in [0.1, 0.15) is 12.5 Å². The number of rotatable bonds is 1. The average Bonchev–Trinajstić information content (AvgIpc) is 2.54. The Morgan fingerprint density at radius 1 is 1.31 bits per heavy atom. The maximum Gasteiger partial charge on any atom is 0.275 e. The standard InChI is InChI=1S/C9H8BrNO2/c1-9(12-4-5-13-9)7-2-3-8(10)11-6-7/h2-6H,1H3. The molecule has 4 heteroatoms. The summed E-state index contributed by atoms with van der Waals surface area (Å²) in [4.78, 5) is 4.10. The molecular weight excluding hydrogens is 234 g/mol. The van der Waals surface area contributed by atoms with E-state index in [0.29, 0.717) is 0 Å². The Kier molecular flexibility index (Phi) is 2.00. The molecule has 0 amide bonds. The van der Waals surface area contributed by atoms with E-state index in [1.807, 2.05) is 19.1 Å². The van der Waals surface area contributed by atoms with Gasteiger partial charge in [-0.05, 0) is 28.1 Å². The molecule has 0 radical (unpaired) electrons. The molecule has 0 saturated carbocycles. The predicted octanol–water partition coefficient (Wildman–Crippen LogP) is 2.53. The zero-order valence-corrected chi connectivity index (χ0v) is 8.61. The number of hydrogen-bond acceptors (Lipinski definition) is 3. The monoisotopic (exact) mass is 241 g/mol. The number of ether oxygens (including phenoxy) is 2. The summed E-state index contributed by atoms with van der Waals surface area (Å²) >= 11 is 3.26. The maximum atomic E-state index is 5.31. The minimum absolute atomic E-state index is 0.715. The molecule has 0 fully saturated rings. The first-order valence-electron chi connectivity index (χ1n) is 3.83. The fraction of sp³-hybridized carbons (Fsp3) is 0.222. The zero-order chi connectivity index (χ0) is 9.31. The van der Waals surface area contributed by atoms with Gasteiger partial charge in [0.05, 0.1) is 5.56 Å². The van der Waals surface area contributed by atoms with Crippen LogP contribution < -0.4 is 0 Å². The highest BCUT2D eigenvalue weighted by atomic mass is 79.9. The van der Waals surface area contributed by atoms with E-state index in [2.05, 4.69) is 20.9 Å². The minimum atomic E-state index is -0.715. The smallest absolute Gasteiger partial charge is 0.275 e. The molecule has 1 aliphatic rings. The summed E-state index contributed by atoms with van der Waals surface area (Å²) in [5.41, 5.74) is 0.890. The van der Waals surface area contributed by atoms with E-state index < -0.39 is 5.79 Å². The molecule has 1 aliphatic heterocycles. The van der Waals surface area contributed by atoms with Gasteiger partial charge in [0.2, 0.25) is 0 Å². The van der Waals surface area contributed by atoms with E-state index in [1.54, 1.807) is 6.20 Å². The maximum absolute atomic E-state index is 5.31. The van der Waals surface area contributed by atoms with E-state index in [1.165, 1.54) is 12.5 Å². The van der Waals surface area contributed by atoms with Crippen molar-refractivity contribution in [2.75, 3.05) is 0 Å². The van der Waals surface area contributed by atoms with E-state index in [9.17, 15) is 0 Å². The van der Waals surface area contributed by atoms with Gasteiger partial charge in [0.1, 0.15) is 17.1 Å².